The zero-order valence-corrected chi connectivity index (χ0v) is 61.1. The molecular weight excluding hydrogens is 1340 g/mol. The molecule has 105 heavy (non-hydrogen) atoms. The number of unbranched alkanes of at least 4 members (excludes halogenated alkanes) is 11. The van der Waals surface area contributed by atoms with Crippen LogP contribution in [0.25, 0.3) is 10.9 Å². The highest BCUT2D eigenvalue weighted by molar-refractivity contribution is 5.98. The number of aliphatic hydroxyl groups is 1. The molecule has 1 aliphatic heterocycles. The van der Waals surface area contributed by atoms with Gasteiger partial charge in [-0.1, -0.05) is 146 Å². The number of aromatic nitrogens is 1. The fraction of sp³-hybridized carbons (Fsp3) is 0.538. The molecule has 0 radical (unpaired) electrons. The number of nitrogens with one attached hydrogen (secondary N) is 10. The van der Waals surface area contributed by atoms with Crippen molar-refractivity contribution in [3.05, 3.63) is 126 Å². The Bertz CT molecular complexity index is 3550. The number of phenols is 3. The van der Waals surface area contributed by atoms with Crippen molar-refractivity contribution in [3.63, 3.8) is 0 Å². The number of para-hydroxylation sites is 1. The van der Waals surface area contributed by atoms with Crippen LogP contribution < -0.4 is 53.6 Å². The number of carboxylic acid groups (broad SMARTS) is 1. The van der Waals surface area contributed by atoms with E-state index in [1.165, 1.54) is 117 Å². The Labute approximate surface area is 615 Å². The van der Waals surface area contributed by atoms with Crippen molar-refractivity contribution in [2.75, 3.05) is 39.3 Å². The van der Waals surface area contributed by atoms with Crippen LogP contribution in [-0.4, -0.2) is 182 Å². The van der Waals surface area contributed by atoms with Gasteiger partial charge in [0.1, 0.15) is 59.5 Å². The number of phenolic OH excluding ortho intramolecular Hbond substituents is 3. The highest BCUT2D eigenvalue weighted by Crippen LogP contribution is 2.22. The topological polar surface area (TPSA) is 425 Å². The number of carbonyl (C=O) groups excluding carboxylic acids is 9. The Morgan fingerprint density at radius 1 is 0.581 bits per heavy atom. The van der Waals surface area contributed by atoms with Gasteiger partial charge in [-0.15, -0.1) is 0 Å². The molecule has 27 heteroatoms. The number of nitrogens with zero attached hydrogens (tertiary/aromatic N) is 1. The molecular formula is C78H112N12O15. The van der Waals surface area contributed by atoms with E-state index in [2.05, 4.69) is 59.8 Å². The largest absolute Gasteiger partial charge is 0.508 e. The lowest BCUT2D eigenvalue weighted by Gasteiger charge is -2.30. The summed E-state index contributed by atoms with van der Waals surface area (Å²) in [5.41, 5.74) is 8.55. The number of carboxylic acids is 1. The van der Waals surface area contributed by atoms with Gasteiger partial charge in [0.2, 0.25) is 53.2 Å². The Morgan fingerprint density at radius 2 is 1.09 bits per heavy atom. The average molecular weight is 1460 g/mol. The van der Waals surface area contributed by atoms with Crippen molar-refractivity contribution >= 4 is 70.0 Å². The van der Waals surface area contributed by atoms with E-state index in [0.717, 1.165) is 36.8 Å². The standard InChI is InChI=1S/C78H112N12O15/c1-4-5-6-7-8-9-10-11-12-13-14-18-41-81-63(44-52-25-31-56(92)32-26-52)73(99)84-61-24-17-19-39-80-40-20-21-42-90(49-70(96)83-67(78(104)105)46-54-29-35-58(94)36-30-54)77(103)66(43-51(2)3)88-74(100)64(45-53-27-33-57(93)34-28-53)86-72(98)62(37-38-69(79)95)85-76(102)68(50-91)89-75(101)65(87-71(61)97)47-55-48-82-60-23-16-15-22-59(55)60/h15-16,22-23,25-36,48,51,61-68,80-82,91-94H,4-14,17-21,24,37-47,49-50H2,1-3H3,(H2,79,95)(H,83,96)(H,84,99)(H,85,102)(H,86,98)(H,87,97)(H,88,100)(H,89,101)(H,104,105)/t61-,62-,63-,64-,65-,66-,67-,68-/m0/s1. The lowest BCUT2D eigenvalue weighted by molar-refractivity contribution is -0.143. The molecule has 1 aliphatic rings. The van der Waals surface area contributed by atoms with Gasteiger partial charge in [0, 0.05) is 49.3 Å². The second-order valence-electron chi connectivity index (χ2n) is 27.9. The summed E-state index contributed by atoms with van der Waals surface area (Å²) in [6.45, 7) is 5.42. The molecule has 0 bridgehead atoms. The maximum atomic E-state index is 15.1. The van der Waals surface area contributed by atoms with E-state index in [1.54, 1.807) is 38.2 Å². The van der Waals surface area contributed by atoms with Crippen LogP contribution in [-0.2, 0) is 73.6 Å². The SMILES string of the molecule is CCCCCCCCCCCCCCN[C@@H](Cc1ccc(O)cc1)C(=O)N[C@H]1CCCCNCCCCN(CC(=O)N[C@@H](Cc2ccc(O)cc2)C(=O)O)C(=O)[C@H](CC(C)C)NC(=O)[C@H](Cc2ccc(O)cc2)NC(=O)[C@H](CCC(N)=O)NC(=O)[C@H](CO)NC(=O)[C@H](Cc2c[nH]c3ccccc23)NC1=O. The summed E-state index contributed by atoms with van der Waals surface area (Å²) in [4.78, 5) is 148. The molecule has 8 atom stereocenters. The van der Waals surface area contributed by atoms with Crippen LogP contribution in [0.2, 0.25) is 0 Å². The number of aliphatic hydroxyl groups excluding tert-OH is 1. The molecule has 9 amide bonds. The zero-order valence-electron chi connectivity index (χ0n) is 61.1. The normalized spacial score (nSPS) is 19.5. The van der Waals surface area contributed by atoms with Crippen molar-refractivity contribution in [3.8, 4) is 17.2 Å². The van der Waals surface area contributed by atoms with Gasteiger partial charge in [0.15, 0.2) is 0 Å². The number of hydrogen-bond donors (Lipinski definition) is 16. The van der Waals surface area contributed by atoms with Crippen LogP contribution in [0, 0.1) is 5.92 Å². The van der Waals surface area contributed by atoms with E-state index >= 15 is 9.59 Å². The van der Waals surface area contributed by atoms with E-state index in [9.17, 15) is 63.9 Å². The molecule has 6 rings (SSSR count). The minimum Gasteiger partial charge on any atom is -0.508 e. The minimum atomic E-state index is -1.82. The molecule has 0 saturated carbocycles. The Morgan fingerprint density at radius 3 is 1.67 bits per heavy atom. The third-order valence-electron chi connectivity index (χ3n) is 18.7. The van der Waals surface area contributed by atoms with Crippen LogP contribution in [0.1, 0.15) is 171 Å². The van der Waals surface area contributed by atoms with E-state index in [-0.39, 0.29) is 68.2 Å². The average Bonchev–Trinajstić information content (AvgIpc) is 1.76. The summed E-state index contributed by atoms with van der Waals surface area (Å²) in [5, 5.41) is 77.8. The van der Waals surface area contributed by atoms with Gasteiger partial charge in [-0.2, -0.15) is 0 Å². The van der Waals surface area contributed by atoms with Gasteiger partial charge >= 0.3 is 5.97 Å². The predicted molar refractivity (Wildman–Crippen MR) is 399 cm³/mol. The van der Waals surface area contributed by atoms with Crippen molar-refractivity contribution in [2.24, 2.45) is 11.7 Å². The van der Waals surface area contributed by atoms with Gasteiger partial charge in [0.25, 0.3) is 0 Å². The molecule has 5 aromatic rings. The fourth-order valence-electron chi connectivity index (χ4n) is 12.8. The van der Waals surface area contributed by atoms with Crippen molar-refractivity contribution < 1.29 is 73.5 Å². The number of benzene rings is 4. The second kappa shape index (κ2) is 45.6. The summed E-state index contributed by atoms with van der Waals surface area (Å²) >= 11 is 0. The smallest absolute Gasteiger partial charge is 0.326 e. The Balaban J connectivity index is 1.32. The number of aliphatic carboxylic acids is 1. The molecule has 0 aliphatic carbocycles. The molecule has 0 unspecified atom stereocenters. The Kier molecular flexibility index (Phi) is 36.6. The number of primary amides is 1. The third kappa shape index (κ3) is 30.6. The highest BCUT2D eigenvalue weighted by atomic mass is 16.4. The number of amides is 9. The summed E-state index contributed by atoms with van der Waals surface area (Å²) in [6, 6.07) is 13.8. The predicted octanol–water partition coefficient (Wildman–Crippen LogP) is 5.38. The monoisotopic (exact) mass is 1460 g/mol. The second-order valence-corrected chi connectivity index (χ2v) is 27.9. The van der Waals surface area contributed by atoms with E-state index in [0.29, 0.717) is 67.4 Å². The molecule has 0 spiro atoms. The molecule has 27 nitrogen and oxygen atoms in total. The molecule has 574 valence electrons. The van der Waals surface area contributed by atoms with E-state index < -0.39 is 133 Å². The van der Waals surface area contributed by atoms with Gasteiger partial charge in [-0.05, 0) is 148 Å². The van der Waals surface area contributed by atoms with Gasteiger partial charge in [-0.3, -0.25) is 43.2 Å². The summed E-state index contributed by atoms with van der Waals surface area (Å²) in [7, 11) is 0. The number of rotatable bonds is 34. The third-order valence-corrected chi connectivity index (χ3v) is 18.7. The maximum absolute atomic E-state index is 15.1. The van der Waals surface area contributed by atoms with Gasteiger partial charge in [0.05, 0.1) is 19.2 Å². The van der Waals surface area contributed by atoms with Crippen LogP contribution >= 0.6 is 0 Å². The minimum absolute atomic E-state index is 0.0133. The van der Waals surface area contributed by atoms with Crippen molar-refractivity contribution in [2.45, 2.75) is 223 Å². The fourth-order valence-corrected chi connectivity index (χ4v) is 12.8. The van der Waals surface area contributed by atoms with Crippen molar-refractivity contribution in [1.29, 1.82) is 0 Å². The summed E-state index contributed by atoms with van der Waals surface area (Å²) in [6.07, 6.45) is 15.9. The summed E-state index contributed by atoms with van der Waals surface area (Å²) < 4.78 is 0. The first-order valence-corrected chi connectivity index (χ1v) is 37.4. The molecule has 1 fully saturated rings. The van der Waals surface area contributed by atoms with Gasteiger partial charge < -0.3 is 89.0 Å². The Hall–Kier alpha value is -9.60. The van der Waals surface area contributed by atoms with E-state index in [4.69, 9.17) is 5.73 Å². The maximum Gasteiger partial charge on any atom is 0.326 e. The molecule has 1 saturated heterocycles. The molecule has 1 aromatic heterocycles. The number of hydrogen-bond acceptors (Lipinski definition) is 16. The lowest BCUT2D eigenvalue weighted by Crippen LogP contribution is -2.61. The molecule has 2 heterocycles. The first-order valence-electron chi connectivity index (χ1n) is 37.4. The van der Waals surface area contributed by atoms with Crippen LogP contribution in [0.3, 0.4) is 0 Å². The van der Waals surface area contributed by atoms with Crippen LogP contribution in [0.5, 0.6) is 17.2 Å². The first-order chi connectivity index (χ1) is 50.5. The molecule has 4 aromatic carbocycles. The van der Waals surface area contributed by atoms with E-state index in [1.807, 2.05) is 18.2 Å². The lowest BCUT2D eigenvalue weighted by atomic mass is 10.00. The van der Waals surface area contributed by atoms with Crippen LogP contribution in [0.4, 0.5) is 0 Å². The number of aromatic hydroxyl groups is 3. The number of carbonyl (C=O) groups is 10. The van der Waals surface area contributed by atoms with Crippen LogP contribution in [0.15, 0.2) is 103 Å². The summed E-state index contributed by atoms with van der Waals surface area (Å²) in [5.74, 6) is -9.38. The number of fused-ring (bicyclic) bond motifs is 1. The quantitative estimate of drug-likeness (QED) is 0.0230. The molecule has 17 N–H and O–H groups in total. The first kappa shape index (κ1) is 84.3. The highest BCUT2D eigenvalue weighted by Gasteiger charge is 2.37. The van der Waals surface area contributed by atoms with Crippen molar-refractivity contribution in [1.82, 2.24) is 57.7 Å². The number of nitrogens with two attached hydrogens (primary N) is 1. The van der Waals surface area contributed by atoms with Gasteiger partial charge in [-0.25, -0.2) is 4.79 Å². The zero-order chi connectivity index (χ0) is 76.0. The number of H-pyrrole nitrogens is 1. The number of aromatic amines is 1.